The Morgan fingerprint density at radius 2 is 1.85 bits per heavy atom. The number of nitrogens with zero attached hydrogens (tertiary/aromatic N) is 1. The van der Waals surface area contributed by atoms with Crippen molar-refractivity contribution in [3.63, 3.8) is 0 Å². The van der Waals surface area contributed by atoms with Crippen molar-refractivity contribution in [2.24, 2.45) is 0 Å². The molecule has 1 aromatic rings. The van der Waals surface area contributed by atoms with Gasteiger partial charge in [-0.15, -0.1) is 0 Å². The second-order valence-corrected chi connectivity index (χ2v) is 5.55. The van der Waals surface area contributed by atoms with Crippen molar-refractivity contribution >= 4 is 12.1 Å². The molecule has 0 aromatic heterocycles. The molecule has 6 heteroatoms. The second-order valence-electron chi connectivity index (χ2n) is 5.55. The number of alkyl carbamates (subject to hydrolysis) is 1. The van der Waals surface area contributed by atoms with Gasteiger partial charge < -0.3 is 24.4 Å². The Kier molecular flexibility index (Phi) is 5.52. The van der Waals surface area contributed by atoms with Crippen molar-refractivity contribution in [2.45, 2.75) is 12.6 Å². The minimum absolute atomic E-state index is 0.0941. The molecule has 0 heterocycles. The van der Waals surface area contributed by atoms with Crippen LogP contribution in [0.4, 0.5) is 4.79 Å². The zero-order valence-electron chi connectivity index (χ0n) is 12.0. The van der Waals surface area contributed by atoms with E-state index in [0.717, 1.165) is 5.56 Å². The third kappa shape index (κ3) is 6.19. The Morgan fingerprint density at radius 3 is 2.35 bits per heavy atom. The average molecular weight is 280 g/mol. The molecule has 0 aliphatic rings. The van der Waals surface area contributed by atoms with E-state index in [1.165, 1.54) is 0 Å². The summed E-state index contributed by atoms with van der Waals surface area (Å²) < 4.78 is 5.36. The molecule has 0 saturated carbocycles. The summed E-state index contributed by atoms with van der Waals surface area (Å²) in [7, 11) is 5.48. The minimum atomic E-state index is -1.32. The first kappa shape index (κ1) is 16.0. The Labute approximate surface area is 118 Å². The highest BCUT2D eigenvalue weighted by Gasteiger charge is 2.21. The highest BCUT2D eigenvalue weighted by Crippen LogP contribution is 2.01. The zero-order chi connectivity index (χ0) is 15.2. The van der Waals surface area contributed by atoms with Gasteiger partial charge in [-0.05, 0) is 5.56 Å². The van der Waals surface area contributed by atoms with Gasteiger partial charge in [-0.25, -0.2) is 4.79 Å². The lowest BCUT2D eigenvalue weighted by Crippen LogP contribution is -2.56. The van der Waals surface area contributed by atoms with Gasteiger partial charge >= 0.3 is 6.09 Å². The summed E-state index contributed by atoms with van der Waals surface area (Å²) in [5, 5.41) is 13.3. The number of nitrogens with one attached hydrogen (secondary N) is 1. The molecule has 110 valence electrons. The molecule has 0 saturated heterocycles. The first-order chi connectivity index (χ1) is 9.28. The van der Waals surface area contributed by atoms with Crippen LogP contribution in [0.3, 0.4) is 0 Å². The van der Waals surface area contributed by atoms with Gasteiger partial charge in [-0.2, -0.15) is 0 Å². The molecule has 0 spiro atoms. The second kappa shape index (κ2) is 6.91. The van der Waals surface area contributed by atoms with E-state index in [4.69, 9.17) is 4.74 Å². The van der Waals surface area contributed by atoms with Crippen LogP contribution in [0.25, 0.3) is 0 Å². The van der Waals surface area contributed by atoms with Crippen LogP contribution in [0.15, 0.2) is 30.3 Å². The number of rotatable bonds is 6. The molecule has 20 heavy (non-hydrogen) atoms. The largest absolute Gasteiger partial charge is 0.548 e. The smallest absolute Gasteiger partial charge is 0.408 e. The number of aliphatic carboxylic acids is 1. The van der Waals surface area contributed by atoms with Crippen LogP contribution in [0, 0.1) is 0 Å². The standard InChI is InChI=1S/C14H20N2O4/c1-16(2,3)9-12(13(17)18)15-14(19)20-10-11-7-5-4-6-8-11/h4-8,12H,9-10H2,1-3H3,(H-,15,17,18,19). The molecule has 0 aliphatic heterocycles. The lowest BCUT2D eigenvalue weighted by atomic mass is 10.2. The van der Waals surface area contributed by atoms with Crippen LogP contribution < -0.4 is 10.4 Å². The number of hydrogen-bond donors (Lipinski definition) is 1. The van der Waals surface area contributed by atoms with Crippen molar-refractivity contribution in [3.8, 4) is 0 Å². The summed E-state index contributed by atoms with van der Waals surface area (Å²) in [5.41, 5.74) is 0.833. The van der Waals surface area contributed by atoms with E-state index in [-0.39, 0.29) is 13.2 Å². The maximum absolute atomic E-state index is 11.6. The van der Waals surface area contributed by atoms with Crippen molar-refractivity contribution < 1.29 is 23.9 Å². The van der Waals surface area contributed by atoms with E-state index >= 15 is 0 Å². The number of carboxylic acids is 1. The first-order valence-electron chi connectivity index (χ1n) is 6.26. The normalized spacial score (nSPS) is 12.6. The van der Waals surface area contributed by atoms with Crippen LogP contribution in [0.5, 0.6) is 0 Å². The van der Waals surface area contributed by atoms with Crippen LogP contribution in [-0.2, 0) is 16.1 Å². The summed E-state index contributed by atoms with van der Waals surface area (Å²) in [4.78, 5) is 22.6. The molecule has 0 aliphatic carbocycles. The van der Waals surface area contributed by atoms with Crippen molar-refractivity contribution in [1.29, 1.82) is 0 Å². The SMILES string of the molecule is C[N+](C)(C)CC(NC(=O)OCc1ccccc1)C(=O)[O-]. The van der Waals surface area contributed by atoms with Gasteiger partial charge in [0.1, 0.15) is 19.2 Å². The summed E-state index contributed by atoms with van der Waals surface area (Å²) in [5.74, 6) is -1.32. The molecule has 1 N–H and O–H groups in total. The van der Waals surface area contributed by atoms with Gasteiger partial charge in [-0.1, -0.05) is 30.3 Å². The molecular weight excluding hydrogens is 260 g/mol. The number of carbonyl (C=O) groups is 2. The van der Waals surface area contributed by atoms with Crippen LogP contribution in [0.1, 0.15) is 5.56 Å². The number of likely N-dealkylation sites (N-methyl/N-ethyl adjacent to an activating group) is 1. The third-order valence-corrected chi connectivity index (χ3v) is 2.52. The predicted molar refractivity (Wildman–Crippen MR) is 71.5 cm³/mol. The van der Waals surface area contributed by atoms with Crippen LogP contribution in [0.2, 0.25) is 0 Å². The van der Waals surface area contributed by atoms with Crippen molar-refractivity contribution in [3.05, 3.63) is 35.9 Å². The molecule has 0 radical (unpaired) electrons. The number of carbonyl (C=O) groups excluding carboxylic acids is 2. The van der Waals surface area contributed by atoms with Gasteiger partial charge in [-0.3, -0.25) is 0 Å². The average Bonchev–Trinajstić information content (AvgIpc) is 2.35. The molecule has 1 amide bonds. The number of hydrogen-bond acceptors (Lipinski definition) is 4. The van der Waals surface area contributed by atoms with Gasteiger partial charge in [0.05, 0.1) is 27.1 Å². The Hall–Kier alpha value is -2.08. The molecule has 1 unspecified atom stereocenters. The highest BCUT2D eigenvalue weighted by atomic mass is 16.5. The van der Waals surface area contributed by atoms with E-state index < -0.39 is 18.1 Å². The summed E-state index contributed by atoms with van der Waals surface area (Å²) in [6, 6.07) is 8.07. The quantitative estimate of drug-likeness (QED) is 0.728. The number of benzene rings is 1. The maximum Gasteiger partial charge on any atom is 0.408 e. The summed E-state index contributed by atoms with van der Waals surface area (Å²) >= 11 is 0. The van der Waals surface area contributed by atoms with E-state index in [0.29, 0.717) is 4.48 Å². The van der Waals surface area contributed by atoms with Crippen LogP contribution in [-0.4, -0.2) is 50.3 Å². The fourth-order valence-corrected chi connectivity index (χ4v) is 1.63. The van der Waals surface area contributed by atoms with E-state index in [9.17, 15) is 14.7 Å². The summed E-state index contributed by atoms with van der Waals surface area (Å²) in [6.07, 6.45) is -0.767. The number of carboxylic acid groups (broad SMARTS) is 1. The zero-order valence-corrected chi connectivity index (χ0v) is 12.0. The van der Waals surface area contributed by atoms with Gasteiger partial charge in [0, 0.05) is 0 Å². The molecular formula is C14H20N2O4. The van der Waals surface area contributed by atoms with Crippen molar-refractivity contribution in [1.82, 2.24) is 5.32 Å². The molecule has 0 bridgehead atoms. The molecule has 1 atom stereocenters. The van der Waals surface area contributed by atoms with E-state index in [1.54, 1.807) is 0 Å². The fourth-order valence-electron chi connectivity index (χ4n) is 1.63. The summed E-state index contributed by atoms with van der Waals surface area (Å²) in [6.45, 7) is 0.305. The molecule has 1 rings (SSSR count). The lowest BCUT2D eigenvalue weighted by molar-refractivity contribution is -0.870. The Balaban J connectivity index is 2.48. The predicted octanol–water partition coefficient (Wildman–Crippen LogP) is -0.262. The molecule has 1 aromatic carbocycles. The molecule has 6 nitrogen and oxygen atoms in total. The number of quaternary nitrogens is 1. The monoisotopic (exact) mass is 280 g/mol. The lowest BCUT2D eigenvalue weighted by Gasteiger charge is -2.29. The number of amides is 1. The topological polar surface area (TPSA) is 78.5 Å². The van der Waals surface area contributed by atoms with E-state index in [1.807, 2.05) is 51.5 Å². The first-order valence-corrected chi connectivity index (χ1v) is 6.26. The third-order valence-electron chi connectivity index (χ3n) is 2.52. The van der Waals surface area contributed by atoms with E-state index in [2.05, 4.69) is 5.32 Å². The van der Waals surface area contributed by atoms with Gasteiger partial charge in [0.15, 0.2) is 0 Å². The van der Waals surface area contributed by atoms with Crippen LogP contribution >= 0.6 is 0 Å². The molecule has 0 fully saturated rings. The highest BCUT2D eigenvalue weighted by molar-refractivity contribution is 5.78. The minimum Gasteiger partial charge on any atom is -0.548 e. The Bertz CT molecular complexity index is 454. The number of ether oxygens (including phenoxy) is 1. The van der Waals surface area contributed by atoms with Crippen molar-refractivity contribution in [2.75, 3.05) is 27.7 Å². The maximum atomic E-state index is 11.6. The fraction of sp³-hybridized carbons (Fsp3) is 0.429. The van der Waals surface area contributed by atoms with Gasteiger partial charge in [0.2, 0.25) is 0 Å². The Morgan fingerprint density at radius 1 is 1.25 bits per heavy atom. The van der Waals surface area contributed by atoms with Gasteiger partial charge in [0.25, 0.3) is 0 Å².